The van der Waals surface area contributed by atoms with Gasteiger partial charge in [-0.1, -0.05) is 86.6 Å². The summed E-state index contributed by atoms with van der Waals surface area (Å²) < 4.78 is 0. The molecule has 0 spiro atoms. The SMILES string of the molecule is C=C/C(=C\C(=C)/C1=C(C=C)/C(/C=C\C)=C(/C(C)=C/C(=C\C)C2=CCC=NC=C2)C/C=C\C=C/C1)c1ccncc1. The fraction of sp³-hybridized carbons (Fsp3) is 0.158. The third kappa shape index (κ3) is 7.97. The zero-order valence-electron chi connectivity index (χ0n) is 24.1. The lowest BCUT2D eigenvalue weighted by atomic mass is 9.85. The Balaban J connectivity index is 2.22. The van der Waals surface area contributed by atoms with Crippen LogP contribution in [-0.2, 0) is 0 Å². The van der Waals surface area contributed by atoms with Crippen molar-refractivity contribution in [1.82, 2.24) is 4.98 Å². The van der Waals surface area contributed by atoms with Crippen molar-refractivity contribution in [2.75, 3.05) is 0 Å². The van der Waals surface area contributed by atoms with E-state index in [0.717, 1.165) is 52.7 Å². The number of pyridine rings is 1. The van der Waals surface area contributed by atoms with Crippen LogP contribution in [-0.4, -0.2) is 11.2 Å². The Morgan fingerprint density at radius 1 is 0.925 bits per heavy atom. The highest BCUT2D eigenvalue weighted by atomic mass is 14.7. The number of rotatable bonds is 9. The van der Waals surface area contributed by atoms with Gasteiger partial charge in [-0.2, -0.15) is 0 Å². The topological polar surface area (TPSA) is 25.2 Å². The highest BCUT2D eigenvalue weighted by molar-refractivity contribution is 5.77. The molecule has 0 amide bonds. The van der Waals surface area contributed by atoms with Crippen molar-refractivity contribution in [3.63, 3.8) is 0 Å². The van der Waals surface area contributed by atoms with E-state index < -0.39 is 0 Å². The maximum absolute atomic E-state index is 4.52. The minimum absolute atomic E-state index is 0.733. The van der Waals surface area contributed by atoms with Crippen LogP contribution < -0.4 is 0 Å². The summed E-state index contributed by atoms with van der Waals surface area (Å²) >= 11 is 0. The van der Waals surface area contributed by atoms with Crippen LogP contribution in [0.1, 0.15) is 45.6 Å². The molecule has 1 aliphatic carbocycles. The van der Waals surface area contributed by atoms with Gasteiger partial charge in [-0.25, -0.2) is 0 Å². The Bertz CT molecular complexity index is 1450. The first-order valence-electron chi connectivity index (χ1n) is 13.7. The smallest absolute Gasteiger partial charge is 0.0273 e. The minimum atomic E-state index is 0.733. The van der Waals surface area contributed by atoms with Crippen LogP contribution in [0.4, 0.5) is 0 Å². The molecule has 0 unspecified atom stereocenters. The monoisotopic (exact) mass is 524 g/mol. The summed E-state index contributed by atoms with van der Waals surface area (Å²) in [6.45, 7) is 19.2. The van der Waals surface area contributed by atoms with E-state index >= 15 is 0 Å². The summed E-state index contributed by atoms with van der Waals surface area (Å²) in [6, 6.07) is 3.98. The Labute approximate surface area is 241 Å². The molecule has 0 fully saturated rings. The molecular formula is C38H40N2. The van der Waals surface area contributed by atoms with Crippen molar-refractivity contribution in [3.8, 4) is 0 Å². The van der Waals surface area contributed by atoms with E-state index in [1.165, 1.54) is 22.3 Å². The average Bonchev–Trinajstić information content (AvgIpc) is 3.27. The summed E-state index contributed by atoms with van der Waals surface area (Å²) in [6.07, 6.45) is 37.4. The molecule has 0 atom stereocenters. The molecule has 2 aliphatic rings. The molecule has 0 saturated heterocycles. The van der Waals surface area contributed by atoms with Crippen molar-refractivity contribution < 1.29 is 0 Å². The van der Waals surface area contributed by atoms with Gasteiger partial charge in [0, 0.05) is 31.2 Å². The number of nitrogens with zero attached hydrogens (tertiary/aromatic N) is 2. The zero-order valence-corrected chi connectivity index (χ0v) is 24.1. The molecular weight excluding hydrogens is 484 g/mol. The summed E-state index contributed by atoms with van der Waals surface area (Å²) in [4.78, 5) is 8.45. The molecule has 0 bridgehead atoms. The van der Waals surface area contributed by atoms with E-state index in [2.05, 4.69) is 117 Å². The first-order valence-corrected chi connectivity index (χ1v) is 13.7. The maximum atomic E-state index is 4.52. The summed E-state index contributed by atoms with van der Waals surface area (Å²) in [5.74, 6) is 0. The highest BCUT2D eigenvalue weighted by Gasteiger charge is 2.16. The predicted octanol–water partition coefficient (Wildman–Crippen LogP) is 10.3. The first-order chi connectivity index (χ1) is 19.5. The van der Waals surface area contributed by atoms with Crippen molar-refractivity contribution in [2.45, 2.75) is 40.0 Å². The Hall–Kier alpha value is -4.56. The molecule has 2 heteroatoms. The highest BCUT2D eigenvalue weighted by Crippen LogP contribution is 2.34. The third-order valence-corrected chi connectivity index (χ3v) is 6.84. The van der Waals surface area contributed by atoms with E-state index in [1.54, 1.807) is 12.4 Å². The first kappa shape index (κ1) is 30.0. The molecule has 40 heavy (non-hydrogen) atoms. The fourth-order valence-corrected chi connectivity index (χ4v) is 4.78. The van der Waals surface area contributed by atoms with E-state index in [4.69, 9.17) is 0 Å². The van der Waals surface area contributed by atoms with Crippen molar-refractivity contribution in [1.29, 1.82) is 0 Å². The minimum Gasteiger partial charge on any atom is -0.269 e. The van der Waals surface area contributed by atoms with Crippen LogP contribution in [0.25, 0.3) is 5.57 Å². The number of aliphatic imine (C=N–C) groups is 1. The molecule has 0 N–H and O–H groups in total. The van der Waals surface area contributed by atoms with Gasteiger partial charge in [-0.05, 0) is 114 Å². The average molecular weight is 525 g/mol. The van der Waals surface area contributed by atoms with Gasteiger partial charge in [0.15, 0.2) is 0 Å². The van der Waals surface area contributed by atoms with Crippen molar-refractivity contribution >= 4 is 11.8 Å². The van der Waals surface area contributed by atoms with Gasteiger partial charge < -0.3 is 0 Å². The fourth-order valence-electron chi connectivity index (χ4n) is 4.78. The standard InChI is InChI=1S/C38H40N2/c1-7-16-38-35(10-4)36(29(5)27-32(9-3)34-21-25-40-26-22-34)18-13-11-12-14-19-37(38)30(6)28-31(8-2)33-17-15-23-39-24-20-33/h7-14,16-17,20-28H,3-5,15,18-19H2,1-2,6H3/b13-11-,14-12-,16-7-,30-28+,31-8+,32-27+,36-35+,38-37+. The van der Waals surface area contributed by atoms with Gasteiger partial charge in [0.1, 0.15) is 0 Å². The van der Waals surface area contributed by atoms with E-state index in [0.29, 0.717) is 0 Å². The lowest BCUT2D eigenvalue weighted by Gasteiger charge is -2.20. The molecule has 2 heterocycles. The predicted molar refractivity (Wildman–Crippen MR) is 176 cm³/mol. The molecule has 0 radical (unpaired) electrons. The molecule has 0 aromatic carbocycles. The molecule has 3 rings (SSSR count). The molecule has 1 aromatic rings. The van der Waals surface area contributed by atoms with Gasteiger partial charge in [0.2, 0.25) is 0 Å². The van der Waals surface area contributed by atoms with Crippen LogP contribution in [0, 0.1) is 0 Å². The molecule has 1 aliphatic heterocycles. The lowest BCUT2D eigenvalue weighted by molar-refractivity contribution is 1.14. The normalized spacial score (nSPS) is 22.5. The quantitative estimate of drug-likeness (QED) is 0.295. The summed E-state index contributed by atoms with van der Waals surface area (Å²) in [5, 5.41) is 0. The second kappa shape index (κ2) is 15.8. The number of hydrogen-bond donors (Lipinski definition) is 0. The van der Waals surface area contributed by atoms with Gasteiger partial charge in [0.05, 0.1) is 0 Å². The van der Waals surface area contributed by atoms with E-state index in [9.17, 15) is 0 Å². The maximum Gasteiger partial charge on any atom is 0.0273 e. The second-order valence-electron chi connectivity index (χ2n) is 9.43. The van der Waals surface area contributed by atoms with Crippen LogP contribution in [0.15, 0.2) is 179 Å². The Morgan fingerprint density at radius 3 is 2.30 bits per heavy atom. The van der Waals surface area contributed by atoms with Gasteiger partial charge >= 0.3 is 0 Å². The van der Waals surface area contributed by atoms with Crippen LogP contribution >= 0.6 is 0 Å². The summed E-state index contributed by atoms with van der Waals surface area (Å²) in [5.41, 5.74) is 11.2. The van der Waals surface area contributed by atoms with Crippen LogP contribution in [0.2, 0.25) is 0 Å². The largest absolute Gasteiger partial charge is 0.269 e. The van der Waals surface area contributed by atoms with Crippen molar-refractivity contribution in [3.05, 3.63) is 180 Å². The van der Waals surface area contributed by atoms with Crippen LogP contribution in [0.3, 0.4) is 0 Å². The molecule has 2 nitrogen and oxygen atoms in total. The number of allylic oxidation sites excluding steroid dienone is 22. The number of hydrogen-bond acceptors (Lipinski definition) is 2. The van der Waals surface area contributed by atoms with Gasteiger partial charge in [-0.3, -0.25) is 9.98 Å². The molecule has 1 aromatic heterocycles. The number of aromatic nitrogens is 1. The van der Waals surface area contributed by atoms with E-state index in [-0.39, 0.29) is 0 Å². The van der Waals surface area contributed by atoms with Gasteiger partial charge in [0.25, 0.3) is 0 Å². The third-order valence-electron chi connectivity index (χ3n) is 6.84. The van der Waals surface area contributed by atoms with E-state index in [1.807, 2.05) is 36.7 Å². The molecule has 202 valence electrons. The summed E-state index contributed by atoms with van der Waals surface area (Å²) in [7, 11) is 0. The van der Waals surface area contributed by atoms with Crippen molar-refractivity contribution in [2.24, 2.45) is 4.99 Å². The lowest BCUT2D eigenvalue weighted by Crippen LogP contribution is -2.01. The second-order valence-corrected chi connectivity index (χ2v) is 9.43. The molecule has 0 saturated carbocycles. The Kier molecular flexibility index (Phi) is 11.8. The van der Waals surface area contributed by atoms with Gasteiger partial charge in [-0.15, -0.1) is 0 Å². The Morgan fingerprint density at radius 2 is 1.65 bits per heavy atom. The van der Waals surface area contributed by atoms with Crippen LogP contribution in [0.5, 0.6) is 0 Å². The zero-order chi connectivity index (χ0) is 28.7.